The Hall–Kier alpha value is -3.03. The van der Waals surface area contributed by atoms with E-state index >= 15 is 0 Å². The molecule has 0 unspecified atom stereocenters. The van der Waals surface area contributed by atoms with Gasteiger partial charge in [-0.25, -0.2) is 4.79 Å². The Kier molecular flexibility index (Phi) is 5.63. The van der Waals surface area contributed by atoms with Crippen LogP contribution in [0, 0.1) is 5.92 Å². The zero-order chi connectivity index (χ0) is 19.4. The summed E-state index contributed by atoms with van der Waals surface area (Å²) in [7, 11) is 0. The predicted octanol–water partition coefficient (Wildman–Crippen LogP) is 2.53. The van der Waals surface area contributed by atoms with E-state index in [1.165, 1.54) is 0 Å². The highest BCUT2D eigenvalue weighted by Gasteiger charge is 2.27. The second kappa shape index (κ2) is 8.11. The molecule has 0 aliphatic carbocycles. The van der Waals surface area contributed by atoms with E-state index in [2.05, 4.69) is 5.32 Å². The van der Waals surface area contributed by atoms with Crippen molar-refractivity contribution in [2.24, 2.45) is 5.92 Å². The minimum absolute atomic E-state index is 0.140. The first-order valence-electron chi connectivity index (χ1n) is 9.01. The number of carbonyl (C=O) groups is 3. The number of nitrogens with one attached hydrogen (secondary N) is 1. The number of carbonyl (C=O) groups excluding carboxylic acids is 2. The summed E-state index contributed by atoms with van der Waals surface area (Å²) >= 11 is 0. The molecule has 2 N–H and O–H groups in total. The van der Waals surface area contributed by atoms with Crippen LogP contribution in [0.25, 0.3) is 10.9 Å². The number of rotatable bonds is 5. The molecule has 0 spiro atoms. The quantitative estimate of drug-likeness (QED) is 0.785. The molecule has 27 heavy (non-hydrogen) atoms. The van der Waals surface area contributed by atoms with E-state index in [0.717, 1.165) is 10.9 Å². The summed E-state index contributed by atoms with van der Waals surface area (Å²) in [6, 6.07) is 7.12. The smallest absolute Gasteiger partial charge is 0.325 e. The monoisotopic (exact) mass is 373 g/mol. The van der Waals surface area contributed by atoms with Crippen LogP contribution in [0.1, 0.15) is 19.8 Å². The van der Waals surface area contributed by atoms with Crippen molar-refractivity contribution in [1.29, 1.82) is 0 Å². The van der Waals surface area contributed by atoms with Gasteiger partial charge in [0.15, 0.2) is 0 Å². The first kappa shape index (κ1) is 18.8. The number of aromatic nitrogens is 1. The maximum absolute atomic E-state index is 12.4. The largest absolute Gasteiger partial charge is 0.481 e. The van der Waals surface area contributed by atoms with Crippen LogP contribution in [0.2, 0.25) is 0 Å². The summed E-state index contributed by atoms with van der Waals surface area (Å²) in [6.07, 6.45) is 2.75. The molecule has 8 nitrogen and oxygen atoms in total. The van der Waals surface area contributed by atoms with Crippen molar-refractivity contribution in [1.82, 2.24) is 9.47 Å². The van der Waals surface area contributed by atoms with Crippen LogP contribution < -0.4 is 5.32 Å². The molecule has 1 saturated heterocycles. The first-order valence-corrected chi connectivity index (χ1v) is 9.01. The van der Waals surface area contributed by atoms with E-state index in [-0.39, 0.29) is 24.5 Å². The molecule has 1 aromatic heterocycles. The third-order valence-corrected chi connectivity index (χ3v) is 4.76. The third-order valence-electron chi connectivity index (χ3n) is 4.76. The summed E-state index contributed by atoms with van der Waals surface area (Å²) in [4.78, 5) is 36.7. The van der Waals surface area contributed by atoms with Crippen molar-refractivity contribution < 1.29 is 24.2 Å². The van der Waals surface area contributed by atoms with E-state index < -0.39 is 5.97 Å². The summed E-state index contributed by atoms with van der Waals surface area (Å²) < 4.78 is 6.77. The number of piperidine rings is 1. The van der Waals surface area contributed by atoms with E-state index in [0.29, 0.717) is 38.2 Å². The number of nitrogens with zero attached hydrogens (tertiary/aromatic N) is 2. The van der Waals surface area contributed by atoms with Crippen molar-refractivity contribution in [2.45, 2.75) is 26.3 Å². The van der Waals surface area contributed by atoms with Gasteiger partial charge in [-0.1, -0.05) is 0 Å². The lowest BCUT2D eigenvalue weighted by Crippen LogP contribution is -2.42. The topological polar surface area (TPSA) is 101 Å². The van der Waals surface area contributed by atoms with Crippen molar-refractivity contribution in [3.8, 4) is 0 Å². The number of urea groups is 1. The molecule has 2 heterocycles. The Labute approximate surface area is 156 Å². The van der Waals surface area contributed by atoms with Gasteiger partial charge in [-0.05, 0) is 44.0 Å². The maximum Gasteiger partial charge on any atom is 0.325 e. The summed E-state index contributed by atoms with van der Waals surface area (Å²) in [6.45, 7) is 3.12. The second-order valence-corrected chi connectivity index (χ2v) is 6.55. The summed E-state index contributed by atoms with van der Waals surface area (Å²) in [5.74, 6) is -1.46. The molecule has 0 bridgehead atoms. The Morgan fingerprint density at radius 3 is 2.63 bits per heavy atom. The highest BCUT2D eigenvalue weighted by atomic mass is 16.5. The van der Waals surface area contributed by atoms with Crippen LogP contribution in [0.3, 0.4) is 0 Å². The van der Waals surface area contributed by atoms with Gasteiger partial charge in [0.05, 0.1) is 12.5 Å². The number of ether oxygens (including phenoxy) is 1. The van der Waals surface area contributed by atoms with Gasteiger partial charge in [-0.3, -0.25) is 9.59 Å². The van der Waals surface area contributed by atoms with Crippen molar-refractivity contribution in [3.63, 3.8) is 0 Å². The van der Waals surface area contributed by atoms with Crippen molar-refractivity contribution >= 4 is 34.6 Å². The minimum atomic E-state index is -0.798. The molecule has 3 rings (SSSR count). The van der Waals surface area contributed by atoms with Gasteiger partial charge >= 0.3 is 18.0 Å². The van der Waals surface area contributed by atoms with E-state index in [1.54, 1.807) is 22.5 Å². The molecular weight excluding hydrogens is 350 g/mol. The minimum Gasteiger partial charge on any atom is -0.481 e. The molecule has 2 aromatic rings. The molecule has 0 atom stereocenters. The fraction of sp³-hybridized carbons (Fsp3) is 0.421. The number of amides is 2. The Balaban J connectivity index is 1.63. The molecule has 1 aromatic carbocycles. The maximum atomic E-state index is 12.4. The van der Waals surface area contributed by atoms with Gasteiger partial charge in [0, 0.05) is 35.9 Å². The fourth-order valence-electron chi connectivity index (χ4n) is 3.29. The van der Waals surface area contributed by atoms with Crippen LogP contribution in [-0.4, -0.2) is 52.2 Å². The zero-order valence-corrected chi connectivity index (χ0v) is 15.2. The first-order chi connectivity index (χ1) is 13.0. The summed E-state index contributed by atoms with van der Waals surface area (Å²) in [5.41, 5.74) is 1.53. The van der Waals surface area contributed by atoms with Gasteiger partial charge in [0.25, 0.3) is 0 Å². The van der Waals surface area contributed by atoms with Crippen LogP contribution in [-0.2, 0) is 20.9 Å². The molecule has 1 aliphatic rings. The number of anilines is 1. The second-order valence-electron chi connectivity index (χ2n) is 6.55. The van der Waals surface area contributed by atoms with Crippen LogP contribution in [0.4, 0.5) is 10.5 Å². The van der Waals surface area contributed by atoms with Gasteiger partial charge in [0.1, 0.15) is 6.54 Å². The standard InChI is InChI=1S/C19H23N3O5/c1-2-27-17(23)12-22-10-7-14-11-15(3-4-16(14)22)20-19(26)21-8-5-13(6-9-21)18(24)25/h3-4,7,10-11,13H,2,5-6,8-9,12H2,1H3,(H,20,26)(H,24,25). The lowest BCUT2D eigenvalue weighted by molar-refractivity contribution is -0.144. The number of hydrogen-bond donors (Lipinski definition) is 2. The normalized spacial score (nSPS) is 14.9. The molecule has 1 fully saturated rings. The number of carboxylic acids is 1. The van der Waals surface area contributed by atoms with Gasteiger partial charge in [0.2, 0.25) is 0 Å². The van der Waals surface area contributed by atoms with Crippen LogP contribution in [0.15, 0.2) is 30.5 Å². The van der Waals surface area contributed by atoms with Gasteiger partial charge < -0.3 is 24.6 Å². The van der Waals surface area contributed by atoms with E-state index in [1.807, 2.05) is 24.4 Å². The average Bonchev–Trinajstić information content (AvgIpc) is 3.04. The number of likely N-dealkylation sites (tertiary alicyclic amines) is 1. The lowest BCUT2D eigenvalue weighted by Gasteiger charge is -2.30. The number of benzene rings is 1. The number of hydrogen-bond acceptors (Lipinski definition) is 4. The molecule has 0 radical (unpaired) electrons. The molecule has 0 saturated carbocycles. The van der Waals surface area contributed by atoms with Crippen molar-refractivity contribution in [2.75, 3.05) is 25.0 Å². The fourth-order valence-corrected chi connectivity index (χ4v) is 3.29. The van der Waals surface area contributed by atoms with Gasteiger partial charge in [-0.2, -0.15) is 0 Å². The number of fused-ring (bicyclic) bond motifs is 1. The molecule has 2 amide bonds. The molecule has 8 heteroatoms. The molecule has 144 valence electrons. The SMILES string of the molecule is CCOC(=O)Cn1ccc2cc(NC(=O)N3CCC(C(=O)O)CC3)ccc21. The summed E-state index contributed by atoms with van der Waals surface area (Å²) in [5, 5.41) is 12.8. The number of aliphatic carboxylic acids is 1. The Bertz CT molecular complexity index is 852. The van der Waals surface area contributed by atoms with Crippen LogP contribution >= 0.6 is 0 Å². The number of carboxylic acid groups (broad SMARTS) is 1. The lowest BCUT2D eigenvalue weighted by atomic mass is 9.97. The number of esters is 1. The highest BCUT2D eigenvalue weighted by molar-refractivity contribution is 5.93. The van der Waals surface area contributed by atoms with E-state index in [9.17, 15) is 14.4 Å². The zero-order valence-electron chi connectivity index (χ0n) is 15.2. The predicted molar refractivity (Wildman–Crippen MR) is 99.5 cm³/mol. The van der Waals surface area contributed by atoms with Crippen molar-refractivity contribution in [3.05, 3.63) is 30.5 Å². The van der Waals surface area contributed by atoms with Gasteiger partial charge in [-0.15, -0.1) is 0 Å². The Morgan fingerprint density at radius 1 is 1.22 bits per heavy atom. The average molecular weight is 373 g/mol. The van der Waals surface area contributed by atoms with E-state index in [4.69, 9.17) is 9.84 Å². The third kappa shape index (κ3) is 4.39. The Morgan fingerprint density at radius 2 is 1.96 bits per heavy atom. The molecule has 1 aliphatic heterocycles. The molecular formula is C19H23N3O5. The highest BCUT2D eigenvalue weighted by Crippen LogP contribution is 2.22. The van der Waals surface area contributed by atoms with Crippen LogP contribution in [0.5, 0.6) is 0 Å².